The van der Waals surface area contributed by atoms with Gasteiger partial charge in [-0.15, -0.1) is 0 Å². The summed E-state index contributed by atoms with van der Waals surface area (Å²) in [4.78, 5) is 4.48. The highest BCUT2D eigenvalue weighted by atomic mass is 35.5. The lowest BCUT2D eigenvalue weighted by atomic mass is 10.2. The van der Waals surface area contributed by atoms with Crippen LogP contribution in [-0.2, 0) is 6.42 Å². The zero-order valence-electron chi connectivity index (χ0n) is 8.90. The molecule has 4 heteroatoms. The Labute approximate surface area is 104 Å². The van der Waals surface area contributed by atoms with Gasteiger partial charge in [-0.3, -0.25) is 4.40 Å². The monoisotopic (exact) mass is 252 g/mol. The fourth-order valence-electron chi connectivity index (χ4n) is 2.22. The molecule has 1 saturated heterocycles. The summed E-state index contributed by atoms with van der Waals surface area (Å²) in [5.41, 5.74) is 1.09. The van der Waals surface area contributed by atoms with Crippen molar-refractivity contribution in [2.75, 3.05) is 5.75 Å². The number of pyridine rings is 1. The first-order chi connectivity index (χ1) is 7.84. The standard InChI is InChI=1S/C12H13ClN2S/c13-11-5-1-3-9-8-14-12(15(9)11)7-10-4-2-6-16-10/h1,3,5,8,10H,2,4,6-7H2. The molecule has 84 valence electrons. The highest BCUT2D eigenvalue weighted by Gasteiger charge is 2.18. The van der Waals surface area contributed by atoms with Gasteiger partial charge in [0, 0.05) is 11.7 Å². The Hall–Kier alpha value is -0.670. The molecule has 0 bridgehead atoms. The Morgan fingerprint density at radius 2 is 2.44 bits per heavy atom. The van der Waals surface area contributed by atoms with Crippen LogP contribution in [0.5, 0.6) is 0 Å². The number of hydrogen-bond donors (Lipinski definition) is 0. The second-order valence-electron chi connectivity index (χ2n) is 4.12. The van der Waals surface area contributed by atoms with Crippen molar-refractivity contribution in [1.29, 1.82) is 0 Å². The van der Waals surface area contributed by atoms with E-state index in [-0.39, 0.29) is 0 Å². The van der Waals surface area contributed by atoms with E-state index in [0.29, 0.717) is 0 Å². The predicted molar refractivity (Wildman–Crippen MR) is 69.4 cm³/mol. The van der Waals surface area contributed by atoms with Crippen LogP contribution in [0.1, 0.15) is 18.7 Å². The molecule has 0 spiro atoms. The molecule has 1 aliphatic rings. The molecule has 3 rings (SSSR count). The van der Waals surface area contributed by atoms with Gasteiger partial charge in [0.25, 0.3) is 0 Å². The Morgan fingerprint density at radius 1 is 1.50 bits per heavy atom. The van der Waals surface area contributed by atoms with Gasteiger partial charge in [-0.2, -0.15) is 11.8 Å². The summed E-state index contributed by atoms with van der Waals surface area (Å²) in [6.45, 7) is 0. The molecule has 0 amide bonds. The Morgan fingerprint density at radius 3 is 3.25 bits per heavy atom. The second kappa shape index (κ2) is 4.30. The summed E-state index contributed by atoms with van der Waals surface area (Å²) < 4.78 is 2.06. The molecule has 0 aromatic carbocycles. The molecule has 0 saturated carbocycles. The summed E-state index contributed by atoms with van der Waals surface area (Å²) in [6, 6.07) is 5.93. The van der Waals surface area contributed by atoms with Gasteiger partial charge < -0.3 is 0 Å². The van der Waals surface area contributed by atoms with E-state index >= 15 is 0 Å². The molecule has 2 nitrogen and oxygen atoms in total. The first kappa shape index (κ1) is 10.5. The topological polar surface area (TPSA) is 17.3 Å². The second-order valence-corrected chi connectivity index (χ2v) is 5.92. The highest BCUT2D eigenvalue weighted by molar-refractivity contribution is 8.00. The van der Waals surface area contributed by atoms with E-state index in [1.165, 1.54) is 18.6 Å². The fourth-order valence-corrected chi connectivity index (χ4v) is 3.76. The quantitative estimate of drug-likeness (QED) is 0.762. The molecule has 3 heterocycles. The number of aromatic nitrogens is 2. The maximum atomic E-state index is 6.21. The first-order valence-electron chi connectivity index (χ1n) is 5.57. The van der Waals surface area contributed by atoms with Crippen LogP contribution in [0.4, 0.5) is 0 Å². The van der Waals surface area contributed by atoms with Crippen molar-refractivity contribution < 1.29 is 0 Å². The first-order valence-corrected chi connectivity index (χ1v) is 7.00. The normalized spacial score (nSPS) is 20.7. The minimum atomic E-state index is 0.724. The van der Waals surface area contributed by atoms with Gasteiger partial charge in [-0.25, -0.2) is 4.98 Å². The van der Waals surface area contributed by atoms with Crippen LogP contribution in [0.25, 0.3) is 5.52 Å². The van der Waals surface area contributed by atoms with Gasteiger partial charge in [0.05, 0.1) is 11.7 Å². The summed E-state index contributed by atoms with van der Waals surface area (Å²) in [5.74, 6) is 2.39. The third-order valence-electron chi connectivity index (χ3n) is 3.01. The molecule has 2 aromatic rings. The van der Waals surface area contributed by atoms with Crippen molar-refractivity contribution in [3.05, 3.63) is 35.4 Å². The maximum Gasteiger partial charge on any atom is 0.115 e. The van der Waals surface area contributed by atoms with Gasteiger partial charge in [-0.05, 0) is 30.7 Å². The van der Waals surface area contributed by atoms with E-state index in [1.807, 2.05) is 24.4 Å². The lowest BCUT2D eigenvalue weighted by Crippen LogP contribution is -2.06. The molecule has 1 aliphatic heterocycles. The molecule has 0 aliphatic carbocycles. The van der Waals surface area contributed by atoms with Gasteiger partial charge in [-0.1, -0.05) is 17.7 Å². The Balaban J connectivity index is 1.97. The number of fused-ring (bicyclic) bond motifs is 1. The number of nitrogens with zero attached hydrogens (tertiary/aromatic N) is 2. The molecule has 2 aromatic heterocycles. The van der Waals surface area contributed by atoms with E-state index in [9.17, 15) is 0 Å². The number of imidazole rings is 1. The minimum Gasteiger partial charge on any atom is -0.287 e. The molecule has 1 fully saturated rings. The van der Waals surface area contributed by atoms with Crippen molar-refractivity contribution in [2.24, 2.45) is 0 Å². The van der Waals surface area contributed by atoms with E-state index in [4.69, 9.17) is 11.6 Å². The van der Waals surface area contributed by atoms with Crippen LogP contribution in [0.3, 0.4) is 0 Å². The summed E-state index contributed by atoms with van der Waals surface area (Å²) in [5, 5.41) is 1.48. The summed E-state index contributed by atoms with van der Waals surface area (Å²) >= 11 is 8.26. The molecule has 1 unspecified atom stereocenters. The van der Waals surface area contributed by atoms with E-state index in [0.717, 1.165) is 28.2 Å². The van der Waals surface area contributed by atoms with Crippen LogP contribution in [-0.4, -0.2) is 20.4 Å². The van der Waals surface area contributed by atoms with Gasteiger partial charge in [0.15, 0.2) is 0 Å². The van der Waals surface area contributed by atoms with Crippen LogP contribution < -0.4 is 0 Å². The molecular weight excluding hydrogens is 240 g/mol. The zero-order chi connectivity index (χ0) is 11.0. The SMILES string of the molecule is Clc1cccc2cnc(CC3CCCS3)n12. The molecule has 1 atom stereocenters. The Kier molecular flexibility index (Phi) is 2.82. The van der Waals surface area contributed by atoms with Gasteiger partial charge in [0.1, 0.15) is 11.0 Å². The Bertz CT molecular complexity index is 503. The lowest BCUT2D eigenvalue weighted by molar-refractivity contribution is 0.743. The van der Waals surface area contributed by atoms with Crippen LogP contribution in [0.15, 0.2) is 24.4 Å². The van der Waals surface area contributed by atoms with E-state index in [1.54, 1.807) is 0 Å². The van der Waals surface area contributed by atoms with Crippen molar-refractivity contribution in [3.63, 3.8) is 0 Å². The van der Waals surface area contributed by atoms with Gasteiger partial charge >= 0.3 is 0 Å². The van der Waals surface area contributed by atoms with Crippen molar-refractivity contribution in [3.8, 4) is 0 Å². The van der Waals surface area contributed by atoms with Gasteiger partial charge in [0.2, 0.25) is 0 Å². The van der Waals surface area contributed by atoms with Crippen molar-refractivity contribution >= 4 is 28.9 Å². The molecule has 0 radical (unpaired) electrons. The summed E-state index contributed by atoms with van der Waals surface area (Å²) in [7, 11) is 0. The number of halogens is 1. The summed E-state index contributed by atoms with van der Waals surface area (Å²) in [6.07, 6.45) is 5.58. The number of rotatable bonds is 2. The molecular formula is C12H13ClN2S. The average Bonchev–Trinajstić information content (AvgIpc) is 2.90. The lowest BCUT2D eigenvalue weighted by Gasteiger charge is -2.08. The molecule has 0 N–H and O–H groups in total. The average molecular weight is 253 g/mol. The minimum absolute atomic E-state index is 0.724. The highest BCUT2D eigenvalue weighted by Crippen LogP contribution is 2.29. The largest absolute Gasteiger partial charge is 0.287 e. The maximum absolute atomic E-state index is 6.21. The predicted octanol–water partition coefficient (Wildman–Crippen LogP) is 3.43. The number of hydrogen-bond acceptors (Lipinski definition) is 2. The van der Waals surface area contributed by atoms with Crippen LogP contribution >= 0.6 is 23.4 Å². The fraction of sp³-hybridized carbons (Fsp3) is 0.417. The van der Waals surface area contributed by atoms with Crippen molar-refractivity contribution in [2.45, 2.75) is 24.5 Å². The van der Waals surface area contributed by atoms with Crippen molar-refractivity contribution in [1.82, 2.24) is 9.38 Å². The van der Waals surface area contributed by atoms with E-state index < -0.39 is 0 Å². The smallest absolute Gasteiger partial charge is 0.115 e. The third kappa shape index (κ3) is 1.82. The molecule has 16 heavy (non-hydrogen) atoms. The third-order valence-corrected chi connectivity index (χ3v) is 4.70. The van der Waals surface area contributed by atoms with E-state index in [2.05, 4.69) is 21.1 Å². The van der Waals surface area contributed by atoms with Crippen LogP contribution in [0, 0.1) is 0 Å². The zero-order valence-corrected chi connectivity index (χ0v) is 10.5. The number of thioether (sulfide) groups is 1. The van der Waals surface area contributed by atoms with Crippen LogP contribution in [0.2, 0.25) is 5.15 Å².